The lowest BCUT2D eigenvalue weighted by atomic mass is 10.1. The van der Waals surface area contributed by atoms with Crippen LogP contribution in [0.15, 0.2) is 40.9 Å². The molecule has 94 valence electrons. The van der Waals surface area contributed by atoms with E-state index in [1.54, 1.807) is 12.1 Å². The maximum Gasteiger partial charge on any atom is 0.162 e. The number of aryl methyl sites for hydroxylation is 1. The van der Waals surface area contributed by atoms with E-state index in [0.29, 0.717) is 12.1 Å². The third kappa shape index (κ3) is 2.59. The van der Waals surface area contributed by atoms with E-state index in [1.165, 1.54) is 6.07 Å². The number of phenols is 2. The second-order valence-electron chi connectivity index (χ2n) is 4.07. The van der Waals surface area contributed by atoms with Gasteiger partial charge in [0.15, 0.2) is 11.5 Å². The molecule has 2 rings (SSSR count). The molecule has 18 heavy (non-hydrogen) atoms. The van der Waals surface area contributed by atoms with E-state index in [1.807, 2.05) is 25.1 Å². The third-order valence-electron chi connectivity index (χ3n) is 2.76. The van der Waals surface area contributed by atoms with Gasteiger partial charge >= 0.3 is 0 Å². The standard InChI is InChI=1S/C14H14BrNO2/c1-9-4-2-6-11(13(9)15)16-8-10-5-3-7-12(17)14(10)18/h2-7,16-18H,8H2,1H3. The molecule has 3 nitrogen and oxygen atoms in total. The highest BCUT2D eigenvalue weighted by Crippen LogP contribution is 2.30. The Bertz CT molecular complexity index is 518. The van der Waals surface area contributed by atoms with Gasteiger partial charge in [-0.2, -0.15) is 0 Å². The first-order chi connectivity index (χ1) is 8.59. The molecule has 0 radical (unpaired) electrons. The zero-order chi connectivity index (χ0) is 13.1. The van der Waals surface area contributed by atoms with Crippen LogP contribution in [0.25, 0.3) is 0 Å². The molecule has 0 spiro atoms. The number of para-hydroxylation sites is 1. The van der Waals surface area contributed by atoms with E-state index < -0.39 is 0 Å². The summed E-state index contributed by atoms with van der Waals surface area (Å²) < 4.78 is 1.00. The lowest BCUT2D eigenvalue weighted by molar-refractivity contribution is 0.400. The van der Waals surface area contributed by atoms with Crippen LogP contribution in [-0.2, 0) is 6.54 Å². The molecule has 2 aromatic carbocycles. The molecule has 0 atom stereocenters. The number of anilines is 1. The summed E-state index contributed by atoms with van der Waals surface area (Å²) >= 11 is 3.51. The van der Waals surface area contributed by atoms with Gasteiger partial charge in [-0.05, 0) is 40.5 Å². The summed E-state index contributed by atoms with van der Waals surface area (Å²) in [6.07, 6.45) is 0. The first kappa shape index (κ1) is 12.8. The molecule has 0 fully saturated rings. The largest absolute Gasteiger partial charge is 0.504 e. The van der Waals surface area contributed by atoms with Gasteiger partial charge in [-0.1, -0.05) is 24.3 Å². The number of hydrogen-bond acceptors (Lipinski definition) is 3. The van der Waals surface area contributed by atoms with Crippen LogP contribution in [0.5, 0.6) is 11.5 Å². The highest BCUT2D eigenvalue weighted by atomic mass is 79.9. The van der Waals surface area contributed by atoms with Crippen molar-refractivity contribution < 1.29 is 10.2 Å². The molecule has 3 N–H and O–H groups in total. The second kappa shape index (κ2) is 5.31. The van der Waals surface area contributed by atoms with Crippen LogP contribution in [0.2, 0.25) is 0 Å². The highest BCUT2D eigenvalue weighted by Gasteiger charge is 2.07. The van der Waals surface area contributed by atoms with Gasteiger partial charge in [-0.15, -0.1) is 0 Å². The fourth-order valence-corrected chi connectivity index (χ4v) is 2.10. The van der Waals surface area contributed by atoms with Crippen molar-refractivity contribution in [2.75, 3.05) is 5.32 Å². The van der Waals surface area contributed by atoms with Crippen molar-refractivity contribution in [1.82, 2.24) is 0 Å². The molecular weight excluding hydrogens is 294 g/mol. The molecule has 0 saturated carbocycles. The van der Waals surface area contributed by atoms with Gasteiger partial charge < -0.3 is 15.5 Å². The van der Waals surface area contributed by atoms with Crippen LogP contribution in [0, 0.1) is 6.92 Å². The molecule has 0 saturated heterocycles. The zero-order valence-corrected chi connectivity index (χ0v) is 11.5. The highest BCUT2D eigenvalue weighted by molar-refractivity contribution is 9.10. The van der Waals surface area contributed by atoms with E-state index in [2.05, 4.69) is 21.2 Å². The Hall–Kier alpha value is -1.68. The van der Waals surface area contributed by atoms with Crippen LogP contribution >= 0.6 is 15.9 Å². The second-order valence-corrected chi connectivity index (χ2v) is 4.87. The van der Waals surface area contributed by atoms with Gasteiger partial charge in [-0.3, -0.25) is 0 Å². The van der Waals surface area contributed by atoms with E-state index in [9.17, 15) is 10.2 Å². The number of halogens is 1. The Morgan fingerprint density at radius 1 is 1.11 bits per heavy atom. The van der Waals surface area contributed by atoms with Crippen molar-refractivity contribution in [1.29, 1.82) is 0 Å². The lowest BCUT2D eigenvalue weighted by Gasteiger charge is -2.11. The monoisotopic (exact) mass is 307 g/mol. The Balaban J connectivity index is 2.17. The predicted octanol–water partition coefficient (Wildman–Crippen LogP) is 3.78. The number of hydrogen-bond donors (Lipinski definition) is 3. The van der Waals surface area contributed by atoms with Crippen LogP contribution in [0.4, 0.5) is 5.69 Å². The summed E-state index contributed by atoms with van der Waals surface area (Å²) in [5.74, 6) is -0.175. The topological polar surface area (TPSA) is 52.5 Å². The molecule has 4 heteroatoms. The molecule has 0 aliphatic rings. The van der Waals surface area contributed by atoms with Crippen molar-refractivity contribution in [3.05, 3.63) is 52.0 Å². The van der Waals surface area contributed by atoms with Gasteiger partial charge in [-0.25, -0.2) is 0 Å². The van der Waals surface area contributed by atoms with Crippen LogP contribution in [-0.4, -0.2) is 10.2 Å². The van der Waals surface area contributed by atoms with Gasteiger partial charge in [0.1, 0.15) is 0 Å². The minimum Gasteiger partial charge on any atom is -0.504 e. The molecule has 0 aliphatic heterocycles. The number of aromatic hydroxyl groups is 2. The molecular formula is C14H14BrNO2. The van der Waals surface area contributed by atoms with Gasteiger partial charge in [0.25, 0.3) is 0 Å². The fourth-order valence-electron chi connectivity index (χ4n) is 1.69. The summed E-state index contributed by atoms with van der Waals surface area (Å²) in [6.45, 7) is 2.46. The van der Waals surface area contributed by atoms with Crippen molar-refractivity contribution >= 4 is 21.6 Å². The van der Waals surface area contributed by atoms with Crippen molar-refractivity contribution in [2.24, 2.45) is 0 Å². The van der Waals surface area contributed by atoms with Crippen molar-refractivity contribution in [3.63, 3.8) is 0 Å². The first-order valence-corrected chi connectivity index (χ1v) is 6.37. The van der Waals surface area contributed by atoms with Crippen molar-refractivity contribution in [2.45, 2.75) is 13.5 Å². The van der Waals surface area contributed by atoms with E-state index in [-0.39, 0.29) is 11.5 Å². The Morgan fingerprint density at radius 3 is 2.61 bits per heavy atom. The smallest absolute Gasteiger partial charge is 0.162 e. The minimum atomic E-state index is -0.0994. The molecule has 0 amide bonds. The minimum absolute atomic E-state index is 0.0752. The number of benzene rings is 2. The predicted molar refractivity (Wildman–Crippen MR) is 76.0 cm³/mol. The number of phenolic OH excluding ortho intramolecular Hbond substituents is 2. The SMILES string of the molecule is Cc1cccc(NCc2cccc(O)c2O)c1Br. The summed E-state index contributed by atoms with van der Waals surface area (Å²) in [4.78, 5) is 0. The molecule has 2 aromatic rings. The molecule has 0 heterocycles. The average Bonchev–Trinajstić information content (AvgIpc) is 2.36. The maximum absolute atomic E-state index is 9.70. The molecule has 0 bridgehead atoms. The first-order valence-electron chi connectivity index (χ1n) is 5.58. The van der Waals surface area contributed by atoms with Gasteiger partial charge in [0.05, 0.1) is 0 Å². The van der Waals surface area contributed by atoms with Crippen LogP contribution in [0.3, 0.4) is 0 Å². The molecule has 0 aromatic heterocycles. The normalized spacial score (nSPS) is 10.3. The Kier molecular flexibility index (Phi) is 3.77. The lowest BCUT2D eigenvalue weighted by Crippen LogP contribution is -2.00. The van der Waals surface area contributed by atoms with Crippen LogP contribution < -0.4 is 5.32 Å². The summed E-state index contributed by atoms with van der Waals surface area (Å²) in [5, 5.41) is 22.3. The fraction of sp³-hybridized carbons (Fsp3) is 0.143. The van der Waals surface area contributed by atoms with Gasteiger partial charge in [0, 0.05) is 22.3 Å². The Labute approximate surface area is 114 Å². The summed E-state index contributed by atoms with van der Waals surface area (Å²) in [7, 11) is 0. The van der Waals surface area contributed by atoms with Crippen LogP contribution in [0.1, 0.15) is 11.1 Å². The molecule has 0 unspecified atom stereocenters. The van der Waals surface area contributed by atoms with E-state index in [4.69, 9.17) is 0 Å². The average molecular weight is 308 g/mol. The maximum atomic E-state index is 9.70. The zero-order valence-electron chi connectivity index (χ0n) is 9.94. The summed E-state index contributed by atoms with van der Waals surface area (Å²) in [5.41, 5.74) is 2.75. The number of rotatable bonds is 3. The number of nitrogens with one attached hydrogen (secondary N) is 1. The summed E-state index contributed by atoms with van der Waals surface area (Å²) in [6, 6.07) is 10.9. The van der Waals surface area contributed by atoms with Gasteiger partial charge in [0.2, 0.25) is 0 Å². The van der Waals surface area contributed by atoms with E-state index in [0.717, 1.165) is 15.7 Å². The van der Waals surface area contributed by atoms with E-state index >= 15 is 0 Å². The quantitative estimate of drug-likeness (QED) is 0.756. The third-order valence-corrected chi connectivity index (χ3v) is 3.81. The Morgan fingerprint density at radius 2 is 1.83 bits per heavy atom. The van der Waals surface area contributed by atoms with Crippen molar-refractivity contribution in [3.8, 4) is 11.5 Å². The molecule has 0 aliphatic carbocycles.